The number of carbonyl (C=O) groups is 1. The molecule has 0 bridgehead atoms. The molecular formula is C13H18BrN3O3S. The van der Waals surface area contributed by atoms with Crippen molar-refractivity contribution in [2.45, 2.75) is 30.2 Å². The van der Waals surface area contributed by atoms with Crippen molar-refractivity contribution >= 4 is 37.5 Å². The topological polar surface area (TPSA) is 92.5 Å². The Hall–Kier alpha value is -1.12. The number of halogens is 1. The van der Waals surface area contributed by atoms with Crippen LogP contribution in [-0.2, 0) is 14.8 Å². The summed E-state index contributed by atoms with van der Waals surface area (Å²) in [6, 6.07) is 3.83. The molecule has 6 nitrogen and oxygen atoms in total. The summed E-state index contributed by atoms with van der Waals surface area (Å²) >= 11 is 3.23. The van der Waals surface area contributed by atoms with Crippen LogP contribution in [0.1, 0.15) is 19.3 Å². The molecule has 21 heavy (non-hydrogen) atoms. The van der Waals surface area contributed by atoms with E-state index in [1.165, 1.54) is 29.6 Å². The van der Waals surface area contributed by atoms with Gasteiger partial charge >= 0.3 is 0 Å². The third-order valence-electron chi connectivity index (χ3n) is 3.58. The highest BCUT2D eigenvalue weighted by Gasteiger charge is 2.37. The van der Waals surface area contributed by atoms with Crippen LogP contribution in [0.3, 0.4) is 0 Å². The summed E-state index contributed by atoms with van der Waals surface area (Å²) in [7, 11) is -2.20. The molecule has 2 rings (SSSR count). The molecule has 0 aliphatic carbocycles. The first-order chi connectivity index (χ1) is 9.87. The third kappa shape index (κ3) is 3.22. The minimum absolute atomic E-state index is 0.138. The Morgan fingerprint density at radius 2 is 2.14 bits per heavy atom. The van der Waals surface area contributed by atoms with Gasteiger partial charge in [-0.1, -0.05) is 6.42 Å². The van der Waals surface area contributed by atoms with Crippen LogP contribution in [0, 0.1) is 0 Å². The van der Waals surface area contributed by atoms with E-state index in [0.29, 0.717) is 23.1 Å². The number of rotatable bonds is 3. The number of sulfonamides is 1. The lowest BCUT2D eigenvalue weighted by Crippen LogP contribution is -2.51. The quantitative estimate of drug-likeness (QED) is 0.779. The lowest BCUT2D eigenvalue weighted by Gasteiger charge is -2.33. The maximum atomic E-state index is 12.8. The van der Waals surface area contributed by atoms with Crippen molar-refractivity contribution in [3.05, 3.63) is 22.7 Å². The lowest BCUT2D eigenvalue weighted by molar-refractivity contribution is -0.125. The van der Waals surface area contributed by atoms with Gasteiger partial charge in [-0.25, -0.2) is 8.42 Å². The first kappa shape index (κ1) is 16.3. The van der Waals surface area contributed by atoms with E-state index >= 15 is 0 Å². The Kier molecular flexibility index (Phi) is 4.90. The summed E-state index contributed by atoms with van der Waals surface area (Å²) in [5.74, 6) is -0.271. The standard InChI is InChI=1S/C13H18BrN3O3S/c1-16-13(18)12-4-2-3-7-17(12)21(19,20)9-5-6-11(15)10(14)8-9/h5-6,8,12H,2-4,7,15H2,1H3,(H,16,18). The van der Waals surface area contributed by atoms with Crippen LogP contribution in [0.25, 0.3) is 0 Å². The highest BCUT2D eigenvalue weighted by molar-refractivity contribution is 9.10. The van der Waals surface area contributed by atoms with Crippen molar-refractivity contribution in [2.24, 2.45) is 0 Å². The number of likely N-dealkylation sites (N-methyl/N-ethyl adjacent to an activating group) is 1. The molecule has 1 amide bonds. The van der Waals surface area contributed by atoms with Crippen LogP contribution in [0.5, 0.6) is 0 Å². The molecule has 1 unspecified atom stereocenters. The number of nitrogens with one attached hydrogen (secondary N) is 1. The Morgan fingerprint density at radius 3 is 2.76 bits per heavy atom. The molecule has 0 radical (unpaired) electrons. The summed E-state index contributed by atoms with van der Waals surface area (Å²) in [6.07, 6.45) is 2.13. The normalized spacial score (nSPS) is 20.2. The monoisotopic (exact) mass is 375 g/mol. The van der Waals surface area contributed by atoms with Gasteiger partial charge in [0.1, 0.15) is 6.04 Å². The smallest absolute Gasteiger partial charge is 0.243 e. The molecule has 8 heteroatoms. The lowest BCUT2D eigenvalue weighted by atomic mass is 10.0. The van der Waals surface area contributed by atoms with E-state index in [0.717, 1.165) is 12.8 Å². The summed E-state index contributed by atoms with van der Waals surface area (Å²) in [5, 5.41) is 2.53. The van der Waals surface area contributed by atoms with Gasteiger partial charge in [0.15, 0.2) is 0 Å². The number of hydrogen-bond acceptors (Lipinski definition) is 4. The molecule has 0 aromatic heterocycles. The van der Waals surface area contributed by atoms with E-state index in [1.54, 1.807) is 0 Å². The maximum absolute atomic E-state index is 12.8. The highest BCUT2D eigenvalue weighted by atomic mass is 79.9. The molecule has 1 aromatic rings. The van der Waals surface area contributed by atoms with Gasteiger partial charge in [0.05, 0.1) is 4.90 Å². The predicted molar refractivity (Wildman–Crippen MR) is 84.2 cm³/mol. The number of amides is 1. The zero-order chi connectivity index (χ0) is 15.6. The van der Waals surface area contributed by atoms with Crippen LogP contribution >= 0.6 is 15.9 Å². The number of benzene rings is 1. The van der Waals surface area contributed by atoms with Crippen molar-refractivity contribution in [3.63, 3.8) is 0 Å². The largest absolute Gasteiger partial charge is 0.398 e. The first-order valence-corrected chi connectivity index (χ1v) is 8.89. The molecule has 116 valence electrons. The zero-order valence-electron chi connectivity index (χ0n) is 11.7. The second kappa shape index (κ2) is 6.33. The van der Waals surface area contributed by atoms with Gasteiger partial charge in [0, 0.05) is 23.8 Å². The zero-order valence-corrected chi connectivity index (χ0v) is 14.1. The van der Waals surface area contributed by atoms with Gasteiger partial charge in [0.2, 0.25) is 15.9 Å². The van der Waals surface area contributed by atoms with Gasteiger partial charge in [-0.3, -0.25) is 4.79 Å². The minimum atomic E-state index is -3.72. The molecule has 1 aliphatic heterocycles. The van der Waals surface area contributed by atoms with Crippen molar-refractivity contribution in [1.82, 2.24) is 9.62 Å². The summed E-state index contributed by atoms with van der Waals surface area (Å²) in [4.78, 5) is 12.1. The molecule has 1 atom stereocenters. The van der Waals surface area contributed by atoms with Gasteiger partial charge in [-0.2, -0.15) is 4.31 Å². The van der Waals surface area contributed by atoms with E-state index in [9.17, 15) is 13.2 Å². The average molecular weight is 376 g/mol. The highest BCUT2D eigenvalue weighted by Crippen LogP contribution is 2.29. The average Bonchev–Trinajstić information content (AvgIpc) is 2.49. The SMILES string of the molecule is CNC(=O)C1CCCCN1S(=O)(=O)c1ccc(N)c(Br)c1. The second-order valence-electron chi connectivity index (χ2n) is 4.92. The number of nitrogens with zero attached hydrogens (tertiary/aromatic N) is 1. The molecule has 1 aromatic carbocycles. The van der Waals surface area contributed by atoms with Crippen molar-refractivity contribution in [1.29, 1.82) is 0 Å². The van der Waals surface area contributed by atoms with Crippen molar-refractivity contribution in [3.8, 4) is 0 Å². The summed E-state index contributed by atoms with van der Waals surface area (Å²) < 4.78 is 27.3. The van der Waals surface area contributed by atoms with E-state index in [2.05, 4.69) is 21.2 Å². The molecule has 0 spiro atoms. The third-order valence-corrected chi connectivity index (χ3v) is 6.17. The Morgan fingerprint density at radius 1 is 1.43 bits per heavy atom. The number of nitrogen functional groups attached to an aromatic ring is 1. The molecule has 1 aliphatic rings. The van der Waals surface area contributed by atoms with Crippen molar-refractivity contribution < 1.29 is 13.2 Å². The molecule has 0 saturated carbocycles. The van der Waals surface area contributed by atoms with E-state index in [1.807, 2.05) is 0 Å². The van der Waals surface area contributed by atoms with Crippen LogP contribution in [0.2, 0.25) is 0 Å². The Balaban J connectivity index is 2.40. The Bertz CT molecular complexity index is 648. The maximum Gasteiger partial charge on any atom is 0.243 e. The number of anilines is 1. The van der Waals surface area contributed by atoms with Crippen LogP contribution in [0.4, 0.5) is 5.69 Å². The molecule has 1 heterocycles. The Labute approximate surface area is 132 Å². The van der Waals surface area contributed by atoms with Gasteiger partial charge in [-0.05, 0) is 47.0 Å². The minimum Gasteiger partial charge on any atom is -0.398 e. The number of carbonyl (C=O) groups excluding carboxylic acids is 1. The molecule has 1 fully saturated rings. The fourth-order valence-corrected chi connectivity index (χ4v) is 4.64. The van der Waals surface area contributed by atoms with Crippen molar-refractivity contribution in [2.75, 3.05) is 19.3 Å². The van der Waals surface area contributed by atoms with Crippen LogP contribution in [0.15, 0.2) is 27.6 Å². The van der Waals surface area contributed by atoms with Gasteiger partial charge in [-0.15, -0.1) is 0 Å². The fourth-order valence-electron chi connectivity index (χ4n) is 2.43. The van der Waals surface area contributed by atoms with E-state index < -0.39 is 16.1 Å². The van der Waals surface area contributed by atoms with E-state index in [4.69, 9.17) is 5.73 Å². The molecule has 1 saturated heterocycles. The van der Waals surface area contributed by atoms with Crippen LogP contribution < -0.4 is 11.1 Å². The summed E-state index contributed by atoms with van der Waals surface area (Å²) in [5.41, 5.74) is 6.16. The number of nitrogens with two attached hydrogens (primary N) is 1. The van der Waals surface area contributed by atoms with E-state index in [-0.39, 0.29) is 10.8 Å². The molecular weight excluding hydrogens is 358 g/mol. The predicted octanol–water partition coefficient (Wildman–Crippen LogP) is 1.32. The van der Waals surface area contributed by atoms with Crippen LogP contribution in [-0.4, -0.2) is 38.3 Å². The number of hydrogen-bond donors (Lipinski definition) is 2. The first-order valence-electron chi connectivity index (χ1n) is 6.66. The number of piperidine rings is 1. The fraction of sp³-hybridized carbons (Fsp3) is 0.462. The summed E-state index contributed by atoms with van der Waals surface area (Å²) in [6.45, 7) is 0.350. The van der Waals surface area contributed by atoms with Gasteiger partial charge in [0.25, 0.3) is 0 Å². The van der Waals surface area contributed by atoms with Gasteiger partial charge < -0.3 is 11.1 Å². The second-order valence-corrected chi connectivity index (χ2v) is 7.67. The molecule has 3 N–H and O–H groups in total.